The molecule has 148 valence electrons. The maximum atomic E-state index is 12.5. The van der Waals surface area contributed by atoms with Crippen LogP contribution in [0.15, 0.2) is 40.9 Å². The van der Waals surface area contributed by atoms with E-state index in [2.05, 4.69) is 21.2 Å². The molecule has 1 N–H and O–H groups in total. The van der Waals surface area contributed by atoms with E-state index in [0.717, 1.165) is 15.6 Å². The van der Waals surface area contributed by atoms with Crippen molar-refractivity contribution in [2.24, 2.45) is 0 Å². The Bertz CT molecular complexity index is 942. The second-order valence-corrected chi connectivity index (χ2v) is 6.95. The van der Waals surface area contributed by atoms with Crippen LogP contribution in [0.1, 0.15) is 22.8 Å². The van der Waals surface area contributed by atoms with Crippen molar-refractivity contribution < 1.29 is 23.8 Å². The molecule has 2 aromatic rings. The molecule has 0 fully saturated rings. The molecule has 28 heavy (non-hydrogen) atoms. The second kappa shape index (κ2) is 9.61. The Labute approximate surface area is 176 Å². The first-order valence-electron chi connectivity index (χ1n) is 8.09. The molecule has 8 heteroatoms. The third kappa shape index (κ3) is 5.05. The number of amides is 1. The van der Waals surface area contributed by atoms with Crippen molar-refractivity contribution in [1.82, 2.24) is 0 Å². The fourth-order valence-corrected chi connectivity index (χ4v) is 2.95. The number of ether oxygens (including phenoxy) is 3. The van der Waals surface area contributed by atoms with Gasteiger partial charge in [0.15, 0.2) is 11.5 Å². The van der Waals surface area contributed by atoms with Crippen LogP contribution in [-0.2, 0) is 9.53 Å². The Morgan fingerprint density at radius 3 is 2.29 bits per heavy atom. The Morgan fingerprint density at radius 2 is 1.71 bits per heavy atom. The SMILES string of the molecule is COC(=O)c1cc(OC)c(OC)cc1NC(=O)/C=C(/C)c1ccc(Cl)c(Br)c1. The zero-order valence-electron chi connectivity index (χ0n) is 15.8. The Hall–Kier alpha value is -2.51. The maximum Gasteiger partial charge on any atom is 0.340 e. The van der Waals surface area contributed by atoms with Crippen LogP contribution in [-0.4, -0.2) is 33.2 Å². The Kier molecular flexibility index (Phi) is 7.48. The fraction of sp³-hybridized carbons (Fsp3) is 0.200. The minimum absolute atomic E-state index is 0.147. The first-order valence-corrected chi connectivity index (χ1v) is 9.26. The van der Waals surface area contributed by atoms with Gasteiger partial charge in [0.2, 0.25) is 5.91 Å². The lowest BCUT2D eigenvalue weighted by Crippen LogP contribution is -2.14. The molecule has 0 saturated carbocycles. The highest BCUT2D eigenvalue weighted by atomic mass is 79.9. The van der Waals surface area contributed by atoms with Gasteiger partial charge in [-0.05, 0) is 46.1 Å². The normalized spacial score (nSPS) is 11.0. The summed E-state index contributed by atoms with van der Waals surface area (Å²) in [6.07, 6.45) is 1.42. The molecule has 2 aromatic carbocycles. The van der Waals surface area contributed by atoms with E-state index in [1.165, 1.54) is 39.5 Å². The third-order valence-corrected chi connectivity index (χ3v) is 5.12. The van der Waals surface area contributed by atoms with Crippen LogP contribution in [0.2, 0.25) is 5.02 Å². The van der Waals surface area contributed by atoms with E-state index in [0.29, 0.717) is 16.5 Å². The van der Waals surface area contributed by atoms with Gasteiger partial charge >= 0.3 is 5.97 Å². The van der Waals surface area contributed by atoms with Gasteiger partial charge in [0.05, 0.1) is 37.6 Å². The first kappa shape index (κ1) is 21.8. The molecular weight excluding hydrogens is 450 g/mol. The van der Waals surface area contributed by atoms with Gasteiger partial charge in [-0.3, -0.25) is 4.79 Å². The van der Waals surface area contributed by atoms with Gasteiger partial charge in [0, 0.05) is 22.7 Å². The summed E-state index contributed by atoms with van der Waals surface area (Å²) in [6, 6.07) is 8.32. The topological polar surface area (TPSA) is 73.9 Å². The minimum Gasteiger partial charge on any atom is -0.493 e. The van der Waals surface area contributed by atoms with Crippen molar-refractivity contribution in [3.8, 4) is 11.5 Å². The average molecular weight is 469 g/mol. The summed E-state index contributed by atoms with van der Waals surface area (Å²) in [5, 5.41) is 3.27. The quantitative estimate of drug-likeness (QED) is 0.480. The molecule has 0 radical (unpaired) electrons. The van der Waals surface area contributed by atoms with Gasteiger partial charge in [-0.25, -0.2) is 4.79 Å². The summed E-state index contributed by atoms with van der Waals surface area (Å²) < 4.78 is 16.0. The number of allylic oxidation sites excluding steroid dienone is 1. The minimum atomic E-state index is -0.612. The predicted octanol–water partition coefficient (Wildman–Crippen LogP) is 4.95. The van der Waals surface area contributed by atoms with Crippen LogP contribution < -0.4 is 14.8 Å². The van der Waals surface area contributed by atoms with E-state index in [-0.39, 0.29) is 11.3 Å². The number of methoxy groups -OCH3 is 3. The van der Waals surface area contributed by atoms with Crippen LogP contribution in [0.25, 0.3) is 5.57 Å². The van der Waals surface area contributed by atoms with Crippen molar-refractivity contribution >= 4 is 50.7 Å². The summed E-state index contributed by atoms with van der Waals surface area (Å²) >= 11 is 9.36. The van der Waals surface area contributed by atoms with Crippen LogP contribution in [0.5, 0.6) is 11.5 Å². The summed E-state index contributed by atoms with van der Waals surface area (Å²) in [7, 11) is 4.17. The lowest BCUT2D eigenvalue weighted by atomic mass is 10.1. The van der Waals surface area contributed by atoms with Crippen molar-refractivity contribution in [2.45, 2.75) is 6.92 Å². The predicted molar refractivity (Wildman–Crippen MR) is 112 cm³/mol. The number of rotatable bonds is 6. The monoisotopic (exact) mass is 467 g/mol. The Morgan fingerprint density at radius 1 is 1.07 bits per heavy atom. The van der Waals surface area contributed by atoms with Crippen molar-refractivity contribution in [3.63, 3.8) is 0 Å². The van der Waals surface area contributed by atoms with Crippen molar-refractivity contribution in [2.75, 3.05) is 26.6 Å². The van der Waals surface area contributed by atoms with E-state index in [9.17, 15) is 9.59 Å². The number of esters is 1. The van der Waals surface area contributed by atoms with E-state index < -0.39 is 11.9 Å². The number of benzene rings is 2. The summed E-state index contributed by atoms with van der Waals surface area (Å²) in [6.45, 7) is 1.80. The van der Waals surface area contributed by atoms with Crippen molar-refractivity contribution in [3.05, 3.63) is 57.0 Å². The highest BCUT2D eigenvalue weighted by Gasteiger charge is 2.18. The van der Waals surface area contributed by atoms with Crippen LogP contribution >= 0.6 is 27.5 Å². The lowest BCUT2D eigenvalue weighted by molar-refractivity contribution is -0.111. The number of nitrogens with one attached hydrogen (secondary N) is 1. The molecule has 0 aromatic heterocycles. The second-order valence-electron chi connectivity index (χ2n) is 5.69. The van der Waals surface area contributed by atoms with E-state index >= 15 is 0 Å². The van der Waals surface area contributed by atoms with E-state index in [4.69, 9.17) is 25.8 Å². The molecule has 0 saturated heterocycles. The van der Waals surface area contributed by atoms with Gasteiger partial charge in [-0.15, -0.1) is 0 Å². The average Bonchev–Trinajstić information content (AvgIpc) is 2.68. The van der Waals surface area contributed by atoms with Crippen LogP contribution in [0, 0.1) is 0 Å². The number of hydrogen-bond acceptors (Lipinski definition) is 5. The molecule has 0 bridgehead atoms. The third-order valence-electron chi connectivity index (χ3n) is 3.91. The summed E-state index contributed by atoms with van der Waals surface area (Å²) in [5.74, 6) is -0.314. The van der Waals surface area contributed by atoms with E-state index in [1.807, 2.05) is 12.1 Å². The number of hydrogen-bond donors (Lipinski definition) is 1. The van der Waals surface area contributed by atoms with Crippen molar-refractivity contribution in [1.29, 1.82) is 0 Å². The van der Waals surface area contributed by atoms with Gasteiger partial charge in [0.1, 0.15) is 0 Å². The highest BCUT2D eigenvalue weighted by molar-refractivity contribution is 9.10. The highest BCUT2D eigenvalue weighted by Crippen LogP contribution is 2.34. The molecule has 0 aliphatic heterocycles. The molecule has 0 heterocycles. The molecule has 0 unspecified atom stereocenters. The van der Waals surface area contributed by atoms with Gasteiger partial charge < -0.3 is 19.5 Å². The molecule has 6 nitrogen and oxygen atoms in total. The van der Waals surface area contributed by atoms with Gasteiger partial charge in [-0.1, -0.05) is 17.7 Å². The molecular formula is C20H19BrClNO5. The van der Waals surface area contributed by atoms with Gasteiger partial charge in [-0.2, -0.15) is 0 Å². The summed E-state index contributed by atoms with van der Waals surface area (Å²) in [5.41, 5.74) is 1.94. The van der Waals surface area contributed by atoms with Gasteiger partial charge in [0.25, 0.3) is 0 Å². The standard InChI is InChI=1S/C20H19BrClNO5/c1-11(12-5-6-15(22)14(21)8-12)7-19(24)23-16-10-18(27-3)17(26-2)9-13(16)20(25)28-4/h5-10H,1-4H3,(H,23,24)/b11-7-. The molecule has 0 aliphatic carbocycles. The fourth-order valence-electron chi connectivity index (χ4n) is 2.45. The number of halogens is 2. The van der Waals surface area contributed by atoms with Crippen LogP contribution in [0.4, 0.5) is 5.69 Å². The Balaban J connectivity index is 2.36. The first-order chi connectivity index (χ1) is 13.3. The molecule has 0 atom stereocenters. The lowest BCUT2D eigenvalue weighted by Gasteiger charge is -2.14. The largest absolute Gasteiger partial charge is 0.493 e. The molecule has 2 rings (SSSR count). The molecule has 1 amide bonds. The van der Waals surface area contributed by atoms with E-state index in [1.54, 1.807) is 13.0 Å². The van der Waals surface area contributed by atoms with Crippen LogP contribution in [0.3, 0.4) is 0 Å². The zero-order valence-corrected chi connectivity index (χ0v) is 18.1. The number of carbonyl (C=O) groups is 2. The smallest absolute Gasteiger partial charge is 0.340 e. The maximum absolute atomic E-state index is 12.5. The number of anilines is 1. The summed E-state index contributed by atoms with van der Waals surface area (Å²) in [4.78, 5) is 24.6. The number of carbonyl (C=O) groups excluding carboxylic acids is 2. The molecule has 0 aliphatic rings. The zero-order chi connectivity index (χ0) is 20.8. The molecule has 0 spiro atoms.